The van der Waals surface area contributed by atoms with Gasteiger partial charge in [-0.1, -0.05) is 28.1 Å². The predicted molar refractivity (Wildman–Crippen MR) is 64.2 cm³/mol. The molecule has 0 saturated heterocycles. The first-order valence-electron chi connectivity index (χ1n) is 5.15. The Bertz CT molecular complexity index is 377. The molecule has 0 aliphatic heterocycles. The topological polar surface area (TPSA) is 37.3 Å². The van der Waals surface area contributed by atoms with E-state index in [1.807, 2.05) is 12.1 Å². The van der Waals surface area contributed by atoms with Crippen LogP contribution in [-0.2, 0) is 11.2 Å². The zero-order valence-corrected chi connectivity index (χ0v) is 10.6. The van der Waals surface area contributed by atoms with Crippen LogP contribution in [0.2, 0.25) is 0 Å². The number of aryl methyl sites for hydroxylation is 1. The Hall–Kier alpha value is -0.900. The van der Waals surface area contributed by atoms with Gasteiger partial charge in [-0.2, -0.15) is 0 Å². The standard InChI is InChI=1S/C12H14BrFO2/c1-8(14)10-6-5-9(7-11(10)13)3-2-4-12(15)16/h5-8H,2-4H2,1H3,(H,15,16). The Morgan fingerprint density at radius 1 is 1.56 bits per heavy atom. The van der Waals surface area contributed by atoms with E-state index in [-0.39, 0.29) is 6.42 Å². The second-order valence-corrected chi connectivity index (χ2v) is 4.57. The van der Waals surface area contributed by atoms with Crippen LogP contribution in [0.5, 0.6) is 0 Å². The third-order valence-electron chi connectivity index (χ3n) is 2.35. The van der Waals surface area contributed by atoms with Crippen LogP contribution in [0.1, 0.15) is 37.1 Å². The van der Waals surface area contributed by atoms with E-state index in [1.54, 1.807) is 6.07 Å². The van der Waals surface area contributed by atoms with E-state index in [2.05, 4.69) is 15.9 Å². The number of aliphatic carboxylic acids is 1. The summed E-state index contributed by atoms with van der Waals surface area (Å²) in [6, 6.07) is 5.44. The number of carboxylic acid groups (broad SMARTS) is 1. The molecule has 2 nitrogen and oxygen atoms in total. The van der Waals surface area contributed by atoms with Crippen LogP contribution < -0.4 is 0 Å². The molecular formula is C12H14BrFO2. The molecule has 1 aromatic carbocycles. The maximum absolute atomic E-state index is 13.1. The molecule has 4 heteroatoms. The van der Waals surface area contributed by atoms with Crippen molar-refractivity contribution in [1.82, 2.24) is 0 Å². The van der Waals surface area contributed by atoms with Crippen LogP contribution in [0.25, 0.3) is 0 Å². The van der Waals surface area contributed by atoms with Crippen molar-refractivity contribution < 1.29 is 14.3 Å². The molecule has 0 spiro atoms. The fraction of sp³-hybridized carbons (Fsp3) is 0.417. The molecule has 0 fully saturated rings. The number of carbonyl (C=O) groups is 1. The highest BCUT2D eigenvalue weighted by molar-refractivity contribution is 9.10. The second kappa shape index (κ2) is 5.99. The van der Waals surface area contributed by atoms with E-state index in [0.717, 1.165) is 10.0 Å². The number of benzene rings is 1. The highest BCUT2D eigenvalue weighted by Gasteiger charge is 2.08. The molecule has 0 aromatic heterocycles. The number of hydrogen-bond donors (Lipinski definition) is 1. The average molecular weight is 289 g/mol. The summed E-state index contributed by atoms with van der Waals surface area (Å²) in [5.74, 6) is -0.784. The van der Waals surface area contributed by atoms with E-state index >= 15 is 0 Å². The first kappa shape index (κ1) is 13.2. The average Bonchev–Trinajstić information content (AvgIpc) is 2.16. The lowest BCUT2D eigenvalue weighted by atomic mass is 10.0. The van der Waals surface area contributed by atoms with Gasteiger partial charge >= 0.3 is 5.97 Å². The molecule has 0 radical (unpaired) electrons. The Morgan fingerprint density at radius 2 is 2.25 bits per heavy atom. The van der Waals surface area contributed by atoms with Gasteiger partial charge in [0.05, 0.1) is 0 Å². The smallest absolute Gasteiger partial charge is 0.303 e. The van der Waals surface area contributed by atoms with Gasteiger partial charge in [0, 0.05) is 10.9 Å². The van der Waals surface area contributed by atoms with Gasteiger partial charge in [-0.05, 0) is 37.0 Å². The van der Waals surface area contributed by atoms with Gasteiger partial charge in [-0.3, -0.25) is 4.79 Å². The third kappa shape index (κ3) is 3.93. The van der Waals surface area contributed by atoms with Crippen LogP contribution in [-0.4, -0.2) is 11.1 Å². The first-order chi connectivity index (χ1) is 7.50. The molecule has 0 aliphatic rings. The van der Waals surface area contributed by atoms with E-state index in [1.165, 1.54) is 6.92 Å². The van der Waals surface area contributed by atoms with Crippen LogP contribution in [0, 0.1) is 0 Å². The number of halogens is 2. The number of hydrogen-bond acceptors (Lipinski definition) is 1. The molecule has 0 aliphatic carbocycles. The highest BCUT2D eigenvalue weighted by atomic mass is 79.9. The fourth-order valence-corrected chi connectivity index (χ4v) is 2.23. The predicted octanol–water partition coefficient (Wildman–Crippen LogP) is 3.89. The Kier molecular flexibility index (Phi) is 4.93. The second-order valence-electron chi connectivity index (χ2n) is 3.72. The monoisotopic (exact) mass is 288 g/mol. The van der Waals surface area contributed by atoms with Gasteiger partial charge in [-0.15, -0.1) is 0 Å². The third-order valence-corrected chi connectivity index (χ3v) is 3.04. The van der Waals surface area contributed by atoms with Crippen molar-refractivity contribution >= 4 is 21.9 Å². The Balaban J connectivity index is 2.63. The molecule has 0 saturated carbocycles. The molecule has 0 bridgehead atoms. The molecule has 1 aromatic rings. The number of rotatable bonds is 5. The van der Waals surface area contributed by atoms with Crippen molar-refractivity contribution in [3.05, 3.63) is 33.8 Å². The lowest BCUT2D eigenvalue weighted by molar-refractivity contribution is -0.137. The SMILES string of the molecule is CC(F)c1ccc(CCCC(=O)O)cc1Br. The largest absolute Gasteiger partial charge is 0.481 e. The highest BCUT2D eigenvalue weighted by Crippen LogP contribution is 2.27. The zero-order chi connectivity index (χ0) is 12.1. The molecular weight excluding hydrogens is 275 g/mol. The maximum atomic E-state index is 13.1. The molecule has 0 amide bonds. The minimum Gasteiger partial charge on any atom is -0.481 e. The van der Waals surface area contributed by atoms with E-state index < -0.39 is 12.1 Å². The van der Waals surface area contributed by atoms with Crippen LogP contribution in [0.3, 0.4) is 0 Å². The number of carboxylic acids is 1. The molecule has 16 heavy (non-hydrogen) atoms. The first-order valence-corrected chi connectivity index (χ1v) is 5.94. The summed E-state index contributed by atoms with van der Waals surface area (Å²) >= 11 is 3.31. The van der Waals surface area contributed by atoms with Crippen molar-refractivity contribution in [2.45, 2.75) is 32.4 Å². The van der Waals surface area contributed by atoms with Crippen LogP contribution >= 0.6 is 15.9 Å². The van der Waals surface area contributed by atoms with E-state index in [9.17, 15) is 9.18 Å². The summed E-state index contributed by atoms with van der Waals surface area (Å²) in [5.41, 5.74) is 1.65. The summed E-state index contributed by atoms with van der Waals surface area (Å²) < 4.78 is 13.8. The molecule has 0 heterocycles. The quantitative estimate of drug-likeness (QED) is 0.893. The zero-order valence-electron chi connectivity index (χ0n) is 9.04. The van der Waals surface area contributed by atoms with Crippen molar-refractivity contribution in [2.24, 2.45) is 0 Å². The maximum Gasteiger partial charge on any atom is 0.303 e. The Morgan fingerprint density at radius 3 is 2.75 bits per heavy atom. The van der Waals surface area contributed by atoms with Gasteiger partial charge in [0.1, 0.15) is 6.17 Å². The fourth-order valence-electron chi connectivity index (χ4n) is 1.49. The summed E-state index contributed by atoms with van der Waals surface area (Å²) in [5, 5.41) is 8.50. The van der Waals surface area contributed by atoms with Gasteiger partial charge in [-0.25, -0.2) is 4.39 Å². The lowest BCUT2D eigenvalue weighted by Crippen LogP contribution is -1.96. The van der Waals surface area contributed by atoms with Crippen molar-refractivity contribution in [3.8, 4) is 0 Å². The van der Waals surface area contributed by atoms with Gasteiger partial charge in [0.2, 0.25) is 0 Å². The Labute approximate surface area is 103 Å². The summed E-state index contributed by atoms with van der Waals surface area (Å²) in [6.45, 7) is 1.49. The van der Waals surface area contributed by atoms with Crippen LogP contribution in [0.4, 0.5) is 4.39 Å². The van der Waals surface area contributed by atoms with E-state index in [0.29, 0.717) is 18.4 Å². The van der Waals surface area contributed by atoms with Gasteiger partial charge < -0.3 is 5.11 Å². The minimum atomic E-state index is -0.998. The molecule has 1 unspecified atom stereocenters. The summed E-state index contributed by atoms with van der Waals surface area (Å²) in [6.07, 6.45) is 0.472. The summed E-state index contributed by atoms with van der Waals surface area (Å²) in [4.78, 5) is 10.3. The lowest BCUT2D eigenvalue weighted by Gasteiger charge is -2.07. The van der Waals surface area contributed by atoms with Crippen molar-refractivity contribution in [1.29, 1.82) is 0 Å². The van der Waals surface area contributed by atoms with Gasteiger partial charge in [0.15, 0.2) is 0 Å². The summed E-state index contributed by atoms with van der Waals surface area (Å²) in [7, 11) is 0. The van der Waals surface area contributed by atoms with Crippen molar-refractivity contribution in [3.63, 3.8) is 0 Å². The molecule has 1 rings (SSSR count). The number of alkyl halides is 1. The van der Waals surface area contributed by atoms with Crippen LogP contribution in [0.15, 0.2) is 22.7 Å². The van der Waals surface area contributed by atoms with Crippen molar-refractivity contribution in [2.75, 3.05) is 0 Å². The molecule has 88 valence electrons. The van der Waals surface area contributed by atoms with Gasteiger partial charge in [0.25, 0.3) is 0 Å². The molecule has 1 N–H and O–H groups in total. The molecule has 1 atom stereocenters. The van der Waals surface area contributed by atoms with E-state index in [4.69, 9.17) is 5.11 Å². The minimum absolute atomic E-state index is 0.166. The normalized spacial score (nSPS) is 12.4.